The first-order valence-corrected chi connectivity index (χ1v) is 7.57. The smallest absolute Gasteiger partial charge is 0.257 e. The zero-order valence-corrected chi connectivity index (χ0v) is 11.1. The van der Waals surface area contributed by atoms with Crippen molar-refractivity contribution in [2.45, 2.75) is 5.75 Å². The first-order valence-electron chi connectivity index (χ1n) is 5.51. The largest absolute Gasteiger partial charge is 0.331 e. The van der Waals surface area contributed by atoms with Crippen LogP contribution in [0.3, 0.4) is 0 Å². The van der Waals surface area contributed by atoms with E-state index in [1.165, 1.54) is 12.5 Å². The molecule has 0 saturated heterocycles. The molecule has 0 fully saturated rings. The maximum atomic E-state index is 11.8. The Kier molecular flexibility index (Phi) is 3.66. The Morgan fingerprint density at radius 3 is 2.53 bits per heavy atom. The predicted molar refractivity (Wildman–Crippen MR) is 71.5 cm³/mol. The quantitative estimate of drug-likeness (QED) is 0.879. The molecule has 1 aromatic heterocycles. The molecule has 0 bridgehead atoms. The topological polar surface area (TPSA) is 91.9 Å². The highest BCUT2D eigenvalue weighted by atomic mass is 32.2. The molecule has 0 radical (unpaired) electrons. The molecule has 0 aliphatic carbocycles. The maximum Gasteiger partial charge on any atom is 0.257 e. The standard InChI is InChI=1S/C12H13N3O3S/c1-19(17,18)8-9-2-4-10(5-3-9)11(16)15-12-13-6-7-14-12/h2-7H,8H2,1H3,(H2,13,14,15,16). The monoisotopic (exact) mass is 279 g/mol. The molecule has 1 heterocycles. The zero-order chi connectivity index (χ0) is 13.9. The molecule has 2 rings (SSSR count). The van der Waals surface area contributed by atoms with E-state index in [4.69, 9.17) is 0 Å². The van der Waals surface area contributed by atoms with Gasteiger partial charge in [0, 0.05) is 24.2 Å². The van der Waals surface area contributed by atoms with Crippen LogP contribution in [-0.4, -0.2) is 30.5 Å². The van der Waals surface area contributed by atoms with Gasteiger partial charge in [0.2, 0.25) is 5.95 Å². The van der Waals surface area contributed by atoms with Crippen molar-refractivity contribution >= 4 is 21.7 Å². The lowest BCUT2D eigenvalue weighted by atomic mass is 10.1. The van der Waals surface area contributed by atoms with Crippen molar-refractivity contribution in [3.8, 4) is 0 Å². The van der Waals surface area contributed by atoms with E-state index in [0.29, 0.717) is 17.1 Å². The van der Waals surface area contributed by atoms with Gasteiger partial charge in [-0.25, -0.2) is 13.4 Å². The van der Waals surface area contributed by atoms with E-state index in [2.05, 4.69) is 15.3 Å². The fraction of sp³-hybridized carbons (Fsp3) is 0.167. The number of hydrogen-bond donors (Lipinski definition) is 2. The minimum atomic E-state index is -3.07. The van der Waals surface area contributed by atoms with Crippen LogP contribution >= 0.6 is 0 Å². The molecule has 2 aromatic rings. The van der Waals surface area contributed by atoms with Crippen LogP contribution in [0.5, 0.6) is 0 Å². The summed E-state index contributed by atoms with van der Waals surface area (Å²) in [6.45, 7) is 0. The van der Waals surface area contributed by atoms with Gasteiger partial charge in [0.25, 0.3) is 5.91 Å². The number of anilines is 1. The SMILES string of the molecule is CS(=O)(=O)Cc1ccc(C(=O)Nc2ncc[nH]2)cc1. The lowest BCUT2D eigenvalue weighted by molar-refractivity contribution is 0.102. The van der Waals surface area contributed by atoms with Gasteiger partial charge in [-0.05, 0) is 17.7 Å². The molecular formula is C12H13N3O3S. The summed E-state index contributed by atoms with van der Waals surface area (Å²) in [6.07, 6.45) is 4.31. The average Bonchev–Trinajstić information content (AvgIpc) is 2.80. The second-order valence-electron chi connectivity index (χ2n) is 4.16. The van der Waals surface area contributed by atoms with Crippen LogP contribution in [0, 0.1) is 0 Å². The normalized spacial score (nSPS) is 11.2. The Morgan fingerprint density at radius 1 is 1.32 bits per heavy atom. The zero-order valence-electron chi connectivity index (χ0n) is 10.3. The molecule has 0 saturated carbocycles. The van der Waals surface area contributed by atoms with Crippen molar-refractivity contribution in [2.75, 3.05) is 11.6 Å². The van der Waals surface area contributed by atoms with Gasteiger partial charge < -0.3 is 4.98 Å². The second-order valence-corrected chi connectivity index (χ2v) is 6.30. The van der Waals surface area contributed by atoms with E-state index < -0.39 is 9.84 Å². The first-order chi connectivity index (χ1) is 8.94. The second kappa shape index (κ2) is 5.23. The Bertz CT molecular complexity index is 661. The Labute approximate surface area is 110 Å². The number of nitrogens with one attached hydrogen (secondary N) is 2. The van der Waals surface area contributed by atoms with Crippen LogP contribution in [0.25, 0.3) is 0 Å². The van der Waals surface area contributed by atoms with Gasteiger partial charge in [-0.1, -0.05) is 12.1 Å². The van der Waals surface area contributed by atoms with Crippen LogP contribution in [0.4, 0.5) is 5.95 Å². The van der Waals surface area contributed by atoms with Gasteiger partial charge in [0.15, 0.2) is 9.84 Å². The van der Waals surface area contributed by atoms with Crippen LogP contribution in [0.1, 0.15) is 15.9 Å². The fourth-order valence-electron chi connectivity index (χ4n) is 1.57. The third kappa shape index (κ3) is 3.92. The lowest BCUT2D eigenvalue weighted by Gasteiger charge is -2.03. The summed E-state index contributed by atoms with van der Waals surface area (Å²) >= 11 is 0. The molecule has 19 heavy (non-hydrogen) atoms. The molecule has 7 heteroatoms. The van der Waals surface area contributed by atoms with E-state index in [9.17, 15) is 13.2 Å². The third-order valence-electron chi connectivity index (χ3n) is 2.38. The van der Waals surface area contributed by atoms with E-state index in [1.54, 1.807) is 30.5 Å². The van der Waals surface area contributed by atoms with Gasteiger partial charge in [0.05, 0.1) is 5.75 Å². The van der Waals surface area contributed by atoms with Crippen LogP contribution in [0.15, 0.2) is 36.7 Å². The summed E-state index contributed by atoms with van der Waals surface area (Å²) in [4.78, 5) is 18.5. The number of aromatic amines is 1. The summed E-state index contributed by atoms with van der Waals surface area (Å²) in [7, 11) is -3.07. The predicted octanol–water partition coefficient (Wildman–Crippen LogP) is 1.21. The van der Waals surface area contributed by atoms with E-state index in [-0.39, 0.29) is 11.7 Å². The highest BCUT2D eigenvalue weighted by molar-refractivity contribution is 7.89. The summed E-state index contributed by atoms with van der Waals surface area (Å²) in [6, 6.07) is 6.41. The molecule has 0 aliphatic rings. The summed E-state index contributed by atoms with van der Waals surface area (Å²) < 4.78 is 22.3. The number of carbonyl (C=O) groups excluding carboxylic acids is 1. The molecule has 0 spiro atoms. The minimum Gasteiger partial charge on any atom is -0.331 e. The number of sulfone groups is 1. The number of H-pyrrole nitrogens is 1. The molecule has 1 amide bonds. The first kappa shape index (κ1) is 13.3. The molecule has 0 aliphatic heterocycles. The van der Waals surface area contributed by atoms with Gasteiger partial charge in [-0.15, -0.1) is 0 Å². The van der Waals surface area contributed by atoms with Crippen molar-refractivity contribution in [3.63, 3.8) is 0 Å². The number of rotatable bonds is 4. The highest BCUT2D eigenvalue weighted by Gasteiger charge is 2.09. The van der Waals surface area contributed by atoms with Crippen molar-refractivity contribution < 1.29 is 13.2 Å². The van der Waals surface area contributed by atoms with E-state index in [1.807, 2.05) is 0 Å². The van der Waals surface area contributed by atoms with E-state index >= 15 is 0 Å². The summed E-state index contributed by atoms with van der Waals surface area (Å²) in [5.41, 5.74) is 1.09. The van der Waals surface area contributed by atoms with Crippen LogP contribution < -0.4 is 5.32 Å². The molecular weight excluding hydrogens is 266 g/mol. The number of nitrogens with zero attached hydrogens (tertiary/aromatic N) is 1. The van der Waals surface area contributed by atoms with Gasteiger partial charge in [0.1, 0.15) is 0 Å². The Morgan fingerprint density at radius 2 is 2.00 bits per heavy atom. The summed E-state index contributed by atoms with van der Waals surface area (Å²) in [5.74, 6) is 0.0265. The van der Waals surface area contributed by atoms with E-state index in [0.717, 1.165) is 0 Å². The van der Waals surface area contributed by atoms with Crippen molar-refractivity contribution in [1.29, 1.82) is 0 Å². The van der Waals surface area contributed by atoms with Gasteiger partial charge >= 0.3 is 0 Å². The van der Waals surface area contributed by atoms with Crippen molar-refractivity contribution in [1.82, 2.24) is 9.97 Å². The number of aromatic nitrogens is 2. The molecule has 2 N–H and O–H groups in total. The number of benzene rings is 1. The Balaban J connectivity index is 2.08. The van der Waals surface area contributed by atoms with Crippen molar-refractivity contribution in [3.05, 3.63) is 47.8 Å². The molecule has 100 valence electrons. The number of hydrogen-bond acceptors (Lipinski definition) is 4. The lowest BCUT2D eigenvalue weighted by Crippen LogP contribution is -2.13. The molecule has 0 unspecified atom stereocenters. The number of imidazole rings is 1. The molecule has 0 atom stereocenters. The number of carbonyl (C=O) groups is 1. The minimum absolute atomic E-state index is 0.0346. The number of amides is 1. The summed E-state index contributed by atoms with van der Waals surface area (Å²) in [5, 5.41) is 2.58. The third-order valence-corrected chi connectivity index (χ3v) is 3.23. The fourth-order valence-corrected chi connectivity index (χ4v) is 2.37. The van der Waals surface area contributed by atoms with Crippen LogP contribution in [0.2, 0.25) is 0 Å². The molecule has 1 aromatic carbocycles. The van der Waals surface area contributed by atoms with Gasteiger partial charge in [-0.2, -0.15) is 0 Å². The van der Waals surface area contributed by atoms with Crippen LogP contribution in [-0.2, 0) is 15.6 Å². The highest BCUT2D eigenvalue weighted by Crippen LogP contribution is 2.09. The Hall–Kier alpha value is -2.15. The molecule has 6 nitrogen and oxygen atoms in total. The average molecular weight is 279 g/mol. The maximum absolute atomic E-state index is 11.8. The van der Waals surface area contributed by atoms with Crippen molar-refractivity contribution in [2.24, 2.45) is 0 Å². The van der Waals surface area contributed by atoms with Gasteiger partial charge in [-0.3, -0.25) is 10.1 Å².